The third-order valence-electron chi connectivity index (χ3n) is 3.09. The summed E-state index contributed by atoms with van der Waals surface area (Å²) in [6.07, 6.45) is 1.54. The molecular weight excluding hydrogens is 414 g/mol. The fraction of sp³-hybridized carbons (Fsp3) is 0.200. The van der Waals surface area contributed by atoms with Crippen LogP contribution < -0.4 is 10.0 Å². The highest BCUT2D eigenvalue weighted by Crippen LogP contribution is 2.09. The topological polar surface area (TPSA) is 127 Å². The first-order valence-electron chi connectivity index (χ1n) is 7.61. The van der Waals surface area contributed by atoms with Gasteiger partial charge in [-0.05, 0) is 23.8 Å². The number of halogens is 1. The monoisotopic (exact) mass is 429 g/mol. The number of thioether (sulfide) groups is 1. The molecule has 1 aromatic heterocycles. The van der Waals surface area contributed by atoms with E-state index in [4.69, 9.17) is 11.6 Å². The Labute approximate surface area is 165 Å². The molecule has 2 rings (SSSR count). The van der Waals surface area contributed by atoms with Gasteiger partial charge in [-0.1, -0.05) is 47.6 Å². The zero-order valence-electron chi connectivity index (χ0n) is 13.9. The Hall–Kier alpha value is -2.21. The first kappa shape index (κ1) is 21.1. The Balaban J connectivity index is 1.85. The number of nitrogens with zero attached hydrogens (tertiary/aromatic N) is 3. The van der Waals surface area contributed by atoms with Gasteiger partial charge >= 0.3 is 0 Å². The van der Waals surface area contributed by atoms with Gasteiger partial charge in [0, 0.05) is 25.0 Å². The quantitative estimate of drug-likeness (QED) is 0.164. The van der Waals surface area contributed by atoms with Crippen LogP contribution in [0.2, 0.25) is 5.15 Å². The average Bonchev–Trinajstić information content (AvgIpc) is 2.64. The number of benzene rings is 1. The Morgan fingerprint density at radius 2 is 2.00 bits per heavy atom. The summed E-state index contributed by atoms with van der Waals surface area (Å²) in [4.78, 5) is 14.7. The van der Waals surface area contributed by atoms with Crippen molar-refractivity contribution in [2.24, 2.45) is 5.10 Å². The van der Waals surface area contributed by atoms with Gasteiger partial charge in [-0.15, -0.1) is 0 Å². The van der Waals surface area contributed by atoms with Gasteiger partial charge in [0.25, 0.3) is 0 Å². The van der Waals surface area contributed by atoms with Crippen molar-refractivity contribution in [1.82, 2.24) is 15.0 Å². The van der Waals surface area contributed by atoms with Crippen LogP contribution in [0.5, 0.6) is 0 Å². The number of hydrogen-bond acceptors (Lipinski definition) is 6. The summed E-state index contributed by atoms with van der Waals surface area (Å²) < 4.78 is 26.6. The minimum absolute atomic E-state index is 0.0638. The third-order valence-corrected chi connectivity index (χ3v) is 5.70. The van der Waals surface area contributed by atoms with E-state index in [9.17, 15) is 18.5 Å². The SMILES string of the molecule is O=[N+]([O-])N=C(NCc1ccc(Cl)nc1)SCCNS(=O)(=O)c1ccccc1. The van der Waals surface area contributed by atoms with Gasteiger partial charge in [-0.2, -0.15) is 0 Å². The average molecular weight is 430 g/mol. The molecule has 9 nitrogen and oxygen atoms in total. The van der Waals surface area contributed by atoms with Gasteiger partial charge in [-0.3, -0.25) is 0 Å². The molecule has 0 bridgehead atoms. The number of hydrogen-bond donors (Lipinski definition) is 2. The van der Waals surface area contributed by atoms with Crippen LogP contribution in [0.15, 0.2) is 58.7 Å². The van der Waals surface area contributed by atoms with Crippen LogP contribution >= 0.6 is 23.4 Å². The lowest BCUT2D eigenvalue weighted by atomic mass is 10.3. The number of pyridine rings is 1. The maximum Gasteiger partial charge on any atom is 0.240 e. The highest BCUT2D eigenvalue weighted by atomic mass is 35.5. The zero-order valence-corrected chi connectivity index (χ0v) is 16.3. The number of amidine groups is 1. The molecule has 1 heterocycles. The van der Waals surface area contributed by atoms with Gasteiger partial charge in [-0.25, -0.2) is 28.2 Å². The maximum absolute atomic E-state index is 12.1. The minimum Gasteiger partial charge on any atom is -0.355 e. The van der Waals surface area contributed by atoms with Crippen LogP contribution in [-0.2, 0) is 16.6 Å². The van der Waals surface area contributed by atoms with Crippen molar-refractivity contribution in [2.45, 2.75) is 11.4 Å². The second-order valence-electron chi connectivity index (χ2n) is 5.05. The molecule has 0 saturated carbocycles. The second-order valence-corrected chi connectivity index (χ2v) is 8.28. The van der Waals surface area contributed by atoms with Crippen molar-refractivity contribution in [3.63, 3.8) is 0 Å². The minimum atomic E-state index is -3.62. The predicted octanol–water partition coefficient (Wildman–Crippen LogP) is 2.08. The van der Waals surface area contributed by atoms with Crippen LogP contribution in [0.3, 0.4) is 0 Å². The summed E-state index contributed by atoms with van der Waals surface area (Å²) in [7, 11) is -3.62. The van der Waals surface area contributed by atoms with Gasteiger partial charge in [0.2, 0.25) is 15.2 Å². The van der Waals surface area contributed by atoms with Crippen LogP contribution in [0, 0.1) is 10.1 Å². The molecule has 0 fully saturated rings. The first-order chi connectivity index (χ1) is 12.9. The summed E-state index contributed by atoms with van der Waals surface area (Å²) >= 11 is 6.74. The molecule has 1 aromatic carbocycles. The van der Waals surface area contributed by atoms with Gasteiger partial charge in [0.05, 0.1) is 10.00 Å². The third kappa shape index (κ3) is 7.51. The largest absolute Gasteiger partial charge is 0.355 e. The van der Waals surface area contributed by atoms with Crippen LogP contribution in [0.4, 0.5) is 0 Å². The van der Waals surface area contributed by atoms with E-state index < -0.39 is 15.1 Å². The highest BCUT2D eigenvalue weighted by molar-refractivity contribution is 8.13. The number of aromatic nitrogens is 1. The predicted molar refractivity (Wildman–Crippen MR) is 105 cm³/mol. The summed E-state index contributed by atoms with van der Waals surface area (Å²) in [6.45, 7) is 0.350. The lowest BCUT2D eigenvalue weighted by molar-refractivity contribution is -0.484. The van der Waals surface area contributed by atoms with Crippen LogP contribution in [-0.4, -0.2) is 35.9 Å². The summed E-state index contributed by atoms with van der Waals surface area (Å²) in [5.74, 6) is 0.255. The van der Waals surface area contributed by atoms with E-state index in [0.717, 1.165) is 17.3 Å². The molecule has 0 aliphatic rings. The Bertz CT molecular complexity index is 892. The Morgan fingerprint density at radius 1 is 1.26 bits per heavy atom. The smallest absolute Gasteiger partial charge is 0.240 e. The number of sulfonamides is 1. The molecule has 0 atom stereocenters. The molecule has 0 spiro atoms. The summed E-state index contributed by atoms with van der Waals surface area (Å²) in [5, 5.41) is 16.4. The van der Waals surface area contributed by atoms with Crippen molar-refractivity contribution in [3.05, 3.63) is 69.5 Å². The molecule has 0 unspecified atom stereocenters. The fourth-order valence-electron chi connectivity index (χ4n) is 1.88. The number of nitrogens with one attached hydrogen (secondary N) is 2. The molecule has 2 aromatic rings. The molecule has 12 heteroatoms. The molecule has 0 saturated heterocycles. The zero-order chi connectivity index (χ0) is 19.7. The molecule has 0 radical (unpaired) electrons. The Morgan fingerprint density at radius 3 is 2.63 bits per heavy atom. The molecule has 0 aliphatic heterocycles. The lowest BCUT2D eigenvalue weighted by Gasteiger charge is -2.08. The van der Waals surface area contributed by atoms with Crippen molar-refractivity contribution in [1.29, 1.82) is 0 Å². The normalized spacial score (nSPS) is 12.0. The standard InChI is InChI=1S/C15H16ClN5O4S2/c16-14-7-6-12(10-17-14)11-18-15(20-21(22)23)26-9-8-19-27(24,25)13-4-2-1-3-5-13/h1-7,10,19H,8-9,11H2,(H,18,20). The van der Waals surface area contributed by atoms with Crippen LogP contribution in [0.25, 0.3) is 0 Å². The number of nitro groups is 1. The summed E-state index contributed by atoms with van der Waals surface area (Å²) in [5.41, 5.74) is 0.765. The summed E-state index contributed by atoms with van der Waals surface area (Å²) in [6, 6.07) is 11.3. The van der Waals surface area contributed by atoms with Crippen molar-refractivity contribution in [3.8, 4) is 0 Å². The Kier molecular flexibility index (Phi) is 7.98. The molecule has 2 N–H and O–H groups in total. The first-order valence-corrected chi connectivity index (χ1v) is 10.5. The molecule has 0 amide bonds. The van der Waals surface area contributed by atoms with E-state index >= 15 is 0 Å². The van der Waals surface area contributed by atoms with Crippen molar-refractivity contribution in [2.75, 3.05) is 12.3 Å². The number of rotatable bonds is 8. The molecular formula is C15H16ClN5O4S2. The van der Waals surface area contributed by atoms with E-state index in [2.05, 4.69) is 20.1 Å². The molecule has 0 aliphatic carbocycles. The highest BCUT2D eigenvalue weighted by Gasteiger charge is 2.13. The van der Waals surface area contributed by atoms with Crippen molar-refractivity contribution >= 4 is 38.6 Å². The van der Waals surface area contributed by atoms with E-state index in [-0.39, 0.29) is 28.9 Å². The van der Waals surface area contributed by atoms with Gasteiger partial charge < -0.3 is 5.32 Å². The lowest BCUT2D eigenvalue weighted by Crippen LogP contribution is -2.28. The van der Waals surface area contributed by atoms with Gasteiger partial charge in [0.15, 0.2) is 5.03 Å². The van der Waals surface area contributed by atoms with E-state index in [1.165, 1.54) is 18.3 Å². The van der Waals surface area contributed by atoms with E-state index in [1.54, 1.807) is 30.3 Å². The molecule has 144 valence electrons. The maximum atomic E-state index is 12.1. The second kappa shape index (κ2) is 10.2. The van der Waals surface area contributed by atoms with Gasteiger partial charge in [0.1, 0.15) is 5.15 Å². The van der Waals surface area contributed by atoms with Crippen molar-refractivity contribution < 1.29 is 13.5 Å². The van der Waals surface area contributed by atoms with E-state index in [0.29, 0.717) is 5.15 Å². The van der Waals surface area contributed by atoms with E-state index in [1.807, 2.05) is 0 Å². The molecule has 27 heavy (non-hydrogen) atoms. The fourth-order valence-corrected chi connectivity index (χ4v) is 3.87. The number of hydrazone groups is 1. The van der Waals surface area contributed by atoms with Crippen LogP contribution in [0.1, 0.15) is 5.56 Å².